The highest BCUT2D eigenvalue weighted by Crippen LogP contribution is 2.27. The van der Waals surface area contributed by atoms with Gasteiger partial charge in [0.05, 0.1) is 11.1 Å². The lowest BCUT2D eigenvalue weighted by molar-refractivity contribution is -0.153. The number of benzene rings is 1. The van der Waals surface area contributed by atoms with Crippen molar-refractivity contribution in [3.8, 4) is 0 Å². The lowest BCUT2D eigenvalue weighted by Crippen LogP contribution is -2.49. The van der Waals surface area contributed by atoms with Gasteiger partial charge in [-0.1, -0.05) is 32.9 Å². The van der Waals surface area contributed by atoms with E-state index in [2.05, 4.69) is 5.32 Å². The van der Waals surface area contributed by atoms with Crippen LogP contribution in [0, 0.1) is 5.92 Å². The molecule has 2 rings (SSSR count). The Balaban J connectivity index is 2.14. The van der Waals surface area contributed by atoms with Gasteiger partial charge in [0.1, 0.15) is 6.04 Å². The first kappa shape index (κ1) is 18.6. The molecule has 0 aliphatic carbocycles. The van der Waals surface area contributed by atoms with Gasteiger partial charge in [0, 0.05) is 6.54 Å². The molecule has 1 atom stereocenters. The van der Waals surface area contributed by atoms with Crippen LogP contribution in [0.5, 0.6) is 0 Å². The number of nitrogens with one attached hydrogen (secondary N) is 1. The van der Waals surface area contributed by atoms with Gasteiger partial charge in [-0.25, -0.2) is 4.79 Å². The van der Waals surface area contributed by atoms with Crippen molar-refractivity contribution < 1.29 is 23.9 Å². The van der Waals surface area contributed by atoms with E-state index in [1.54, 1.807) is 38.1 Å². The average molecular weight is 346 g/mol. The first-order chi connectivity index (χ1) is 11.9. The Morgan fingerprint density at radius 2 is 1.68 bits per heavy atom. The van der Waals surface area contributed by atoms with E-state index in [9.17, 15) is 19.2 Å². The molecule has 0 saturated carbocycles. The lowest BCUT2D eigenvalue weighted by atomic mass is 10.0. The zero-order chi connectivity index (χ0) is 18.6. The summed E-state index contributed by atoms with van der Waals surface area (Å²) in [5.74, 6) is -2.58. The number of imide groups is 1. The molecule has 0 saturated heterocycles. The smallest absolute Gasteiger partial charge is 0.330 e. The van der Waals surface area contributed by atoms with E-state index < -0.39 is 36.3 Å². The van der Waals surface area contributed by atoms with E-state index >= 15 is 0 Å². The Morgan fingerprint density at radius 1 is 1.12 bits per heavy atom. The number of esters is 1. The molecule has 0 radical (unpaired) electrons. The summed E-state index contributed by atoms with van der Waals surface area (Å²) in [6.07, 6.45) is 0.767. The van der Waals surface area contributed by atoms with Gasteiger partial charge in [-0.15, -0.1) is 0 Å². The van der Waals surface area contributed by atoms with Crippen LogP contribution in [0.3, 0.4) is 0 Å². The van der Waals surface area contributed by atoms with Crippen LogP contribution in [0.15, 0.2) is 24.3 Å². The maximum Gasteiger partial charge on any atom is 0.330 e. The second-order valence-electron chi connectivity index (χ2n) is 6.17. The number of hydrogen-bond acceptors (Lipinski definition) is 5. The van der Waals surface area contributed by atoms with Gasteiger partial charge >= 0.3 is 5.97 Å². The Morgan fingerprint density at radius 3 is 2.16 bits per heavy atom. The van der Waals surface area contributed by atoms with Crippen molar-refractivity contribution in [3.05, 3.63) is 35.4 Å². The number of nitrogens with zero attached hydrogens (tertiary/aromatic N) is 1. The fourth-order valence-electron chi connectivity index (χ4n) is 2.67. The van der Waals surface area contributed by atoms with Gasteiger partial charge in [-0.05, 0) is 24.5 Å². The monoisotopic (exact) mass is 346 g/mol. The molecule has 1 aromatic carbocycles. The highest BCUT2D eigenvalue weighted by atomic mass is 16.5. The van der Waals surface area contributed by atoms with Crippen molar-refractivity contribution in [2.45, 2.75) is 33.2 Å². The molecule has 1 N–H and O–H groups in total. The van der Waals surface area contributed by atoms with Crippen LogP contribution in [0.2, 0.25) is 0 Å². The highest BCUT2D eigenvalue weighted by Gasteiger charge is 2.44. The Hall–Kier alpha value is -2.70. The maximum atomic E-state index is 12.6. The van der Waals surface area contributed by atoms with Crippen molar-refractivity contribution in [1.82, 2.24) is 10.2 Å². The number of carbonyl (C=O) groups is 4. The minimum absolute atomic E-state index is 0.270. The maximum absolute atomic E-state index is 12.6. The molecule has 0 unspecified atom stereocenters. The molecular weight excluding hydrogens is 324 g/mol. The fourth-order valence-corrected chi connectivity index (χ4v) is 2.67. The fraction of sp³-hybridized carbons (Fsp3) is 0.444. The van der Waals surface area contributed by atoms with E-state index in [4.69, 9.17) is 4.74 Å². The summed E-state index contributed by atoms with van der Waals surface area (Å²) in [6.45, 7) is 5.39. The minimum Gasteiger partial charge on any atom is -0.454 e. The number of carbonyl (C=O) groups excluding carboxylic acids is 4. The number of ether oxygens (including phenoxy) is 1. The summed E-state index contributed by atoms with van der Waals surface area (Å²) < 4.78 is 5.04. The molecule has 1 aliphatic heterocycles. The molecule has 0 aromatic heterocycles. The standard InChI is InChI=1S/C18H22N2O5/c1-4-9-19-14(21)10-25-18(24)15(11(2)3)20-16(22)12-7-5-6-8-13(12)17(20)23/h5-8,11,15H,4,9-10H2,1-3H3,(H,19,21)/t15-/m0/s1. The molecule has 0 bridgehead atoms. The first-order valence-electron chi connectivity index (χ1n) is 8.28. The van der Waals surface area contributed by atoms with Crippen molar-refractivity contribution in [2.75, 3.05) is 13.2 Å². The second kappa shape index (κ2) is 7.92. The van der Waals surface area contributed by atoms with Crippen LogP contribution in [0.25, 0.3) is 0 Å². The molecule has 1 aliphatic rings. The summed E-state index contributed by atoms with van der Waals surface area (Å²) in [4.78, 5) is 50.1. The predicted molar refractivity (Wildman–Crippen MR) is 89.8 cm³/mol. The molecular formula is C18H22N2O5. The van der Waals surface area contributed by atoms with E-state index in [0.29, 0.717) is 6.54 Å². The highest BCUT2D eigenvalue weighted by molar-refractivity contribution is 6.22. The number of hydrogen-bond donors (Lipinski definition) is 1. The first-order valence-corrected chi connectivity index (χ1v) is 8.28. The van der Waals surface area contributed by atoms with Crippen molar-refractivity contribution in [2.24, 2.45) is 5.92 Å². The molecule has 1 heterocycles. The van der Waals surface area contributed by atoms with Crippen LogP contribution in [0.4, 0.5) is 0 Å². The molecule has 7 heteroatoms. The lowest BCUT2D eigenvalue weighted by Gasteiger charge is -2.27. The van der Waals surface area contributed by atoms with Crippen molar-refractivity contribution >= 4 is 23.7 Å². The summed E-state index contributed by atoms with van der Waals surface area (Å²) in [5.41, 5.74) is 0.540. The van der Waals surface area contributed by atoms with Crippen molar-refractivity contribution in [1.29, 1.82) is 0 Å². The average Bonchev–Trinajstić information content (AvgIpc) is 2.83. The SMILES string of the molecule is CCCNC(=O)COC(=O)[C@H](C(C)C)N1C(=O)c2ccccc2C1=O. The van der Waals surface area contributed by atoms with Crippen LogP contribution in [-0.4, -0.2) is 47.8 Å². The van der Waals surface area contributed by atoms with Crippen LogP contribution in [-0.2, 0) is 14.3 Å². The zero-order valence-corrected chi connectivity index (χ0v) is 14.6. The van der Waals surface area contributed by atoms with E-state index in [1.165, 1.54) is 0 Å². The summed E-state index contributed by atoms with van der Waals surface area (Å²) in [5, 5.41) is 2.59. The second-order valence-corrected chi connectivity index (χ2v) is 6.17. The third-order valence-electron chi connectivity index (χ3n) is 3.89. The summed E-state index contributed by atoms with van der Waals surface area (Å²) >= 11 is 0. The Labute approximate surface area is 146 Å². The minimum atomic E-state index is -1.08. The van der Waals surface area contributed by atoms with Gasteiger partial charge in [0.15, 0.2) is 6.61 Å². The normalized spacial score (nSPS) is 14.5. The quantitative estimate of drug-likeness (QED) is 0.595. The van der Waals surface area contributed by atoms with Gasteiger partial charge in [0.2, 0.25) is 0 Å². The largest absolute Gasteiger partial charge is 0.454 e. The van der Waals surface area contributed by atoms with E-state index in [0.717, 1.165) is 11.3 Å². The molecule has 3 amide bonds. The molecule has 0 fully saturated rings. The number of amides is 3. The molecule has 134 valence electrons. The molecule has 0 spiro atoms. The van der Waals surface area contributed by atoms with Gasteiger partial charge < -0.3 is 10.1 Å². The predicted octanol–water partition coefficient (Wildman–Crippen LogP) is 1.38. The van der Waals surface area contributed by atoms with Gasteiger partial charge in [0.25, 0.3) is 17.7 Å². The molecule has 1 aromatic rings. The zero-order valence-electron chi connectivity index (χ0n) is 14.6. The van der Waals surface area contributed by atoms with E-state index in [-0.39, 0.29) is 17.0 Å². The van der Waals surface area contributed by atoms with Crippen molar-refractivity contribution in [3.63, 3.8) is 0 Å². The Kier molecular flexibility index (Phi) is 5.90. The van der Waals surface area contributed by atoms with Gasteiger partial charge in [-0.3, -0.25) is 19.3 Å². The van der Waals surface area contributed by atoms with Crippen LogP contribution < -0.4 is 5.32 Å². The Bertz CT molecular complexity index is 663. The van der Waals surface area contributed by atoms with Crippen LogP contribution >= 0.6 is 0 Å². The molecule has 25 heavy (non-hydrogen) atoms. The van der Waals surface area contributed by atoms with Gasteiger partial charge in [-0.2, -0.15) is 0 Å². The summed E-state index contributed by atoms with van der Waals surface area (Å²) in [6, 6.07) is 5.35. The number of rotatable bonds is 7. The third-order valence-corrected chi connectivity index (χ3v) is 3.89. The van der Waals surface area contributed by atoms with Crippen LogP contribution in [0.1, 0.15) is 47.9 Å². The molecule has 7 nitrogen and oxygen atoms in total. The number of fused-ring (bicyclic) bond motifs is 1. The van der Waals surface area contributed by atoms with E-state index in [1.807, 2.05) is 6.92 Å². The third kappa shape index (κ3) is 3.87. The summed E-state index contributed by atoms with van der Waals surface area (Å²) in [7, 11) is 0. The topological polar surface area (TPSA) is 92.8 Å².